The van der Waals surface area contributed by atoms with Crippen molar-refractivity contribution in [1.82, 2.24) is 21.3 Å². The largest absolute Gasteiger partial charge is 0.550 e. The molecular weight excluding hydrogens is 632 g/mol. The summed E-state index contributed by atoms with van der Waals surface area (Å²) in [4.78, 5) is 93.1. The number of amides is 2. The predicted octanol–water partition coefficient (Wildman–Crippen LogP) is 0.250. The molecule has 2 amide bonds. The predicted molar refractivity (Wildman–Crippen MR) is 173 cm³/mol. The molecule has 0 saturated carbocycles. The van der Waals surface area contributed by atoms with E-state index in [1.54, 1.807) is 83.1 Å². The van der Waals surface area contributed by atoms with Crippen LogP contribution in [0.4, 0.5) is 0 Å². The summed E-state index contributed by atoms with van der Waals surface area (Å²) in [5.41, 5.74) is -2.77. The molecule has 4 unspecified atom stereocenters. The van der Waals surface area contributed by atoms with Crippen LogP contribution in [0.3, 0.4) is 0 Å². The van der Waals surface area contributed by atoms with Crippen LogP contribution in [-0.2, 0) is 38.4 Å². The molecule has 48 heavy (non-hydrogen) atoms. The van der Waals surface area contributed by atoms with E-state index in [1.165, 1.54) is 0 Å². The first-order chi connectivity index (χ1) is 21.3. The lowest BCUT2D eigenvalue weighted by atomic mass is 9.85. The fraction of sp³-hybridized carbons (Fsp3) is 0.750. The molecule has 16 nitrogen and oxygen atoms in total. The molecule has 7 N–H and O–H groups in total. The molecule has 0 fully saturated rings. The van der Waals surface area contributed by atoms with E-state index in [-0.39, 0.29) is 0 Å². The summed E-state index contributed by atoms with van der Waals surface area (Å²) in [7, 11) is 0. The molecule has 0 bridgehead atoms. The maximum absolute atomic E-state index is 12.4. The van der Waals surface area contributed by atoms with Crippen molar-refractivity contribution in [3.8, 4) is 0 Å². The van der Waals surface area contributed by atoms with Gasteiger partial charge in [-0.3, -0.25) is 38.9 Å². The van der Waals surface area contributed by atoms with Gasteiger partial charge in [-0.1, -0.05) is 41.5 Å². The van der Waals surface area contributed by atoms with Crippen molar-refractivity contribution in [2.24, 2.45) is 10.8 Å². The van der Waals surface area contributed by atoms with Gasteiger partial charge >= 0.3 is 17.9 Å². The molecule has 16 heteroatoms. The van der Waals surface area contributed by atoms with Gasteiger partial charge in [0.2, 0.25) is 11.8 Å². The molecule has 0 rings (SSSR count). The van der Waals surface area contributed by atoms with Crippen LogP contribution in [-0.4, -0.2) is 97.8 Å². The van der Waals surface area contributed by atoms with E-state index in [4.69, 9.17) is 10.2 Å². The van der Waals surface area contributed by atoms with Crippen LogP contribution in [0.1, 0.15) is 109 Å². The highest BCUT2D eigenvalue weighted by Gasteiger charge is 2.35. The number of nitrogens with one attached hydrogen (secondary N) is 4. The average Bonchev–Trinajstić information content (AvgIpc) is 2.82. The topological polar surface area (TPSA) is 268 Å². The third-order valence-corrected chi connectivity index (χ3v) is 6.11. The first-order valence-electron chi connectivity index (χ1n) is 15.4. The van der Waals surface area contributed by atoms with Gasteiger partial charge in [0, 0.05) is 34.3 Å². The van der Waals surface area contributed by atoms with Gasteiger partial charge in [-0.2, -0.15) is 0 Å². The minimum Gasteiger partial charge on any atom is -0.550 e. The highest BCUT2D eigenvalue weighted by molar-refractivity contribution is 5.97. The van der Waals surface area contributed by atoms with Gasteiger partial charge in [0.05, 0.1) is 37.4 Å². The Kier molecular flexibility index (Phi) is 17.9. The van der Waals surface area contributed by atoms with Crippen LogP contribution in [0.2, 0.25) is 0 Å². The minimum atomic E-state index is -1.43. The van der Waals surface area contributed by atoms with E-state index in [9.17, 15) is 48.6 Å². The van der Waals surface area contributed by atoms with Crippen molar-refractivity contribution in [2.75, 3.05) is 0 Å². The Bertz CT molecular complexity index is 1190. The van der Waals surface area contributed by atoms with Gasteiger partial charge in [-0.05, 0) is 41.5 Å². The van der Waals surface area contributed by atoms with Crippen molar-refractivity contribution in [3.63, 3.8) is 0 Å². The van der Waals surface area contributed by atoms with E-state index in [1.807, 2.05) is 0 Å². The number of hydrogen-bond donors (Lipinski definition) is 7. The highest BCUT2D eigenvalue weighted by atomic mass is 16.4. The van der Waals surface area contributed by atoms with Crippen LogP contribution >= 0.6 is 0 Å². The lowest BCUT2D eigenvalue weighted by Crippen LogP contribution is -2.57. The molecule has 4 atom stereocenters. The molecule has 276 valence electrons. The number of ketones is 2. The molecule has 0 aromatic heterocycles. The number of carbonyl (C=O) groups excluding carboxylic acids is 5. The lowest BCUT2D eigenvalue weighted by Gasteiger charge is -2.30. The van der Waals surface area contributed by atoms with Gasteiger partial charge in [-0.15, -0.1) is 0 Å². The van der Waals surface area contributed by atoms with Gasteiger partial charge < -0.3 is 41.2 Å². The van der Waals surface area contributed by atoms with Crippen molar-refractivity contribution in [2.45, 2.75) is 144 Å². The summed E-state index contributed by atoms with van der Waals surface area (Å²) in [6.07, 6.45) is -2.12. The van der Waals surface area contributed by atoms with Crippen molar-refractivity contribution < 1.29 is 58.8 Å². The zero-order chi connectivity index (χ0) is 38.6. The van der Waals surface area contributed by atoms with E-state index >= 15 is 0 Å². The van der Waals surface area contributed by atoms with Crippen LogP contribution in [0.15, 0.2) is 0 Å². The third-order valence-electron chi connectivity index (χ3n) is 6.11. The molecule has 0 aliphatic heterocycles. The Balaban J connectivity index is 0. The van der Waals surface area contributed by atoms with Crippen molar-refractivity contribution in [3.05, 3.63) is 0 Å². The number of Topliss-reactive ketones (excluding diaryl/α,β-unsaturated/α-hetero) is 2. The highest BCUT2D eigenvalue weighted by Crippen LogP contribution is 2.20. The summed E-state index contributed by atoms with van der Waals surface area (Å²) in [5.74, 6) is -7.39. The quantitative estimate of drug-likeness (QED) is 0.115. The SMILES string of the molecule is CC(C)(C)NC(CC(=O)NC(CC(=O)O)C(=O)C(C)(C)C)C(=O)O.CC(C)(C)NC(CC(=O)[O-])C(=O)NC(CC(=O)O)C(=O)C(C)(C)C. The maximum Gasteiger partial charge on any atom is 0.321 e. The number of carbonyl (C=O) groups is 8. The molecule has 0 heterocycles. The zero-order valence-electron chi connectivity index (χ0n) is 30.2. The summed E-state index contributed by atoms with van der Waals surface area (Å²) in [6, 6.07) is -4.71. The van der Waals surface area contributed by atoms with Crippen LogP contribution < -0.4 is 26.4 Å². The maximum atomic E-state index is 12.4. The van der Waals surface area contributed by atoms with Gasteiger partial charge in [0.1, 0.15) is 6.04 Å². The molecule has 0 spiro atoms. The molecule has 0 saturated heterocycles. The Morgan fingerprint density at radius 3 is 1.17 bits per heavy atom. The van der Waals surface area contributed by atoms with Crippen LogP contribution in [0.5, 0.6) is 0 Å². The molecule has 0 radical (unpaired) electrons. The number of aliphatic carboxylic acids is 4. The Labute approximate surface area is 282 Å². The van der Waals surface area contributed by atoms with E-state index < -0.39 is 119 Å². The van der Waals surface area contributed by atoms with E-state index in [2.05, 4.69) is 21.3 Å². The molecule has 0 aromatic carbocycles. The lowest BCUT2D eigenvalue weighted by molar-refractivity contribution is -0.306. The first kappa shape index (κ1) is 46.2. The standard InChI is InChI=1S/2C16H28N2O6/c1-15(2,3)13(22)9(8-12(20)21)17-11(19)7-10(14(23)24)18-16(4,5)6;1-15(2,3)13(23)9(7-11(19)20)17-14(24)10(8-12(21)22)18-16(4,5)6/h9-10,18H,7-8H2,1-6H3,(H,17,19)(H,20,21)(H,23,24);9-10,18H,7-8H2,1-6H3,(H,17,24)(H,19,20)(H,21,22)/p-1. The van der Waals surface area contributed by atoms with E-state index in [0.717, 1.165) is 0 Å². The number of carboxylic acid groups (broad SMARTS) is 4. The third kappa shape index (κ3) is 21.1. The Morgan fingerprint density at radius 1 is 0.521 bits per heavy atom. The summed E-state index contributed by atoms with van der Waals surface area (Å²) in [6.45, 7) is 20.2. The van der Waals surface area contributed by atoms with E-state index in [0.29, 0.717) is 0 Å². The number of rotatable bonds is 16. The van der Waals surface area contributed by atoms with Crippen LogP contribution in [0.25, 0.3) is 0 Å². The molecular formula is C32H55N4O12-. The second kappa shape index (κ2) is 18.6. The average molecular weight is 688 g/mol. The Morgan fingerprint density at radius 2 is 0.875 bits per heavy atom. The fourth-order valence-corrected chi connectivity index (χ4v) is 4.15. The second-order valence-electron chi connectivity index (χ2n) is 15.6. The number of carboxylic acids is 4. The Hall–Kier alpha value is -3.92. The van der Waals surface area contributed by atoms with Gasteiger partial charge in [0.15, 0.2) is 11.6 Å². The number of hydrogen-bond acceptors (Lipinski definition) is 11. The molecule has 0 aliphatic rings. The molecule has 0 aliphatic carbocycles. The smallest absolute Gasteiger partial charge is 0.321 e. The summed E-state index contributed by atoms with van der Waals surface area (Å²) >= 11 is 0. The minimum absolute atomic E-state index is 0.403. The monoisotopic (exact) mass is 687 g/mol. The second-order valence-corrected chi connectivity index (χ2v) is 15.6. The molecule has 0 aromatic rings. The normalized spacial score (nSPS) is 14.6. The zero-order valence-corrected chi connectivity index (χ0v) is 30.2. The van der Waals surface area contributed by atoms with Gasteiger partial charge in [-0.25, -0.2) is 0 Å². The summed E-state index contributed by atoms with van der Waals surface area (Å²) in [5, 5.41) is 48.3. The first-order valence-corrected chi connectivity index (χ1v) is 15.4. The van der Waals surface area contributed by atoms with Crippen molar-refractivity contribution in [1.29, 1.82) is 0 Å². The van der Waals surface area contributed by atoms with Crippen LogP contribution in [0, 0.1) is 10.8 Å². The van der Waals surface area contributed by atoms with Gasteiger partial charge in [0.25, 0.3) is 0 Å². The summed E-state index contributed by atoms with van der Waals surface area (Å²) < 4.78 is 0. The van der Waals surface area contributed by atoms with Crippen molar-refractivity contribution >= 4 is 47.3 Å². The fourth-order valence-electron chi connectivity index (χ4n) is 4.15.